The molecule has 0 spiro atoms. The second-order valence-electron chi connectivity index (χ2n) is 4.09. The van der Waals surface area contributed by atoms with E-state index in [1.54, 1.807) is 0 Å². The van der Waals surface area contributed by atoms with Crippen molar-refractivity contribution in [2.45, 2.75) is 13.8 Å². The summed E-state index contributed by atoms with van der Waals surface area (Å²) in [5.74, 6) is 0.768. The van der Waals surface area contributed by atoms with E-state index in [4.69, 9.17) is 0 Å². The van der Waals surface area contributed by atoms with Crippen LogP contribution in [0.2, 0.25) is 0 Å². The number of aryl methyl sites for hydroxylation is 1. The number of para-hydroxylation sites is 2. The van der Waals surface area contributed by atoms with E-state index in [-0.39, 0.29) is 18.2 Å². The molecule has 0 aliphatic heterocycles. The molecule has 0 saturated heterocycles. The Morgan fingerprint density at radius 3 is 2.63 bits per heavy atom. The van der Waals surface area contributed by atoms with Gasteiger partial charge in [-0.3, -0.25) is 4.79 Å². The van der Waals surface area contributed by atoms with Crippen molar-refractivity contribution in [3.8, 4) is 10.7 Å². The number of rotatable bonds is 2. The van der Waals surface area contributed by atoms with Crippen molar-refractivity contribution in [3.63, 3.8) is 0 Å². The van der Waals surface area contributed by atoms with Gasteiger partial charge < -0.3 is 4.98 Å². The molecule has 0 fully saturated rings. The molecule has 0 bridgehead atoms. The Labute approximate surface area is 120 Å². The van der Waals surface area contributed by atoms with Gasteiger partial charge in [-0.2, -0.15) is 0 Å². The van der Waals surface area contributed by atoms with E-state index in [0.29, 0.717) is 5.01 Å². The number of H-pyrrole nitrogens is 1. The van der Waals surface area contributed by atoms with Crippen LogP contribution < -0.4 is 0 Å². The number of thiazole rings is 1. The van der Waals surface area contributed by atoms with Gasteiger partial charge in [-0.05, 0) is 19.1 Å². The number of Topliss-reactive ketones (excluding diaryl/α,β-unsaturated/α-hetero) is 1. The first-order valence-corrected chi connectivity index (χ1v) is 6.40. The molecular weight excluding hydrogens is 282 g/mol. The Balaban J connectivity index is 0.00000133. The second-order valence-corrected chi connectivity index (χ2v) is 5.09. The van der Waals surface area contributed by atoms with Gasteiger partial charge in [0.15, 0.2) is 16.6 Å². The molecule has 0 saturated carbocycles. The predicted molar refractivity (Wildman–Crippen MR) is 79.2 cm³/mol. The number of nitrogens with one attached hydrogen (secondary N) is 1. The van der Waals surface area contributed by atoms with Gasteiger partial charge in [0.25, 0.3) is 0 Å². The van der Waals surface area contributed by atoms with Gasteiger partial charge >= 0.3 is 0 Å². The Kier molecular flexibility index (Phi) is 3.68. The molecule has 98 valence electrons. The van der Waals surface area contributed by atoms with Crippen LogP contribution in [0.5, 0.6) is 0 Å². The summed E-state index contributed by atoms with van der Waals surface area (Å²) in [5, 5.41) is 0.531. The number of nitrogens with zero attached hydrogens (tertiary/aromatic N) is 2. The lowest BCUT2D eigenvalue weighted by atomic mass is 10.3. The first kappa shape index (κ1) is 13.7. The zero-order valence-electron chi connectivity index (χ0n) is 10.4. The normalized spacial score (nSPS) is 10.4. The Bertz CT molecular complexity index is 714. The minimum Gasteiger partial charge on any atom is -0.337 e. The number of carbonyl (C=O) groups excluding carboxylic acids is 1. The van der Waals surface area contributed by atoms with Gasteiger partial charge in [0, 0.05) is 6.92 Å². The van der Waals surface area contributed by atoms with Gasteiger partial charge in [0.1, 0.15) is 0 Å². The van der Waals surface area contributed by atoms with Gasteiger partial charge in [-0.25, -0.2) is 9.97 Å². The number of hydrogen-bond acceptors (Lipinski definition) is 4. The van der Waals surface area contributed by atoms with Crippen molar-refractivity contribution in [1.29, 1.82) is 0 Å². The van der Waals surface area contributed by atoms with Gasteiger partial charge in [-0.1, -0.05) is 12.1 Å². The van der Waals surface area contributed by atoms with Crippen molar-refractivity contribution in [1.82, 2.24) is 15.0 Å². The highest BCUT2D eigenvalue weighted by atomic mass is 35.5. The second kappa shape index (κ2) is 5.11. The molecule has 0 radical (unpaired) electrons. The summed E-state index contributed by atoms with van der Waals surface area (Å²) in [6.07, 6.45) is 0. The Hall–Kier alpha value is -1.72. The van der Waals surface area contributed by atoms with Crippen LogP contribution >= 0.6 is 23.7 Å². The molecular formula is C13H12ClN3OS. The van der Waals surface area contributed by atoms with Crippen LogP contribution in [0.3, 0.4) is 0 Å². The van der Waals surface area contributed by atoms with Crippen molar-refractivity contribution >= 4 is 40.6 Å². The number of aromatic nitrogens is 3. The van der Waals surface area contributed by atoms with E-state index >= 15 is 0 Å². The number of ketones is 1. The van der Waals surface area contributed by atoms with E-state index in [2.05, 4.69) is 15.0 Å². The maximum absolute atomic E-state index is 11.3. The topological polar surface area (TPSA) is 58.6 Å². The van der Waals surface area contributed by atoms with E-state index in [1.165, 1.54) is 18.3 Å². The molecule has 0 atom stereocenters. The Morgan fingerprint density at radius 1 is 1.26 bits per heavy atom. The summed E-state index contributed by atoms with van der Waals surface area (Å²) in [6.45, 7) is 3.42. The first-order valence-electron chi connectivity index (χ1n) is 5.58. The summed E-state index contributed by atoms with van der Waals surface area (Å²) in [7, 11) is 0. The number of hydrogen-bond donors (Lipinski definition) is 1. The van der Waals surface area contributed by atoms with Gasteiger partial charge in [0.05, 0.1) is 21.6 Å². The molecule has 6 heteroatoms. The van der Waals surface area contributed by atoms with Crippen LogP contribution in [0.25, 0.3) is 21.7 Å². The molecule has 0 amide bonds. The zero-order valence-corrected chi connectivity index (χ0v) is 12.1. The Morgan fingerprint density at radius 2 is 2.00 bits per heavy atom. The minimum atomic E-state index is -0.00883. The van der Waals surface area contributed by atoms with E-state index < -0.39 is 0 Å². The molecule has 4 nitrogen and oxygen atoms in total. The number of aromatic amines is 1. The molecule has 0 aliphatic rings. The third-order valence-corrected chi connectivity index (χ3v) is 3.97. The average Bonchev–Trinajstić information content (AvgIpc) is 2.91. The van der Waals surface area contributed by atoms with Crippen LogP contribution in [0, 0.1) is 6.92 Å². The summed E-state index contributed by atoms with van der Waals surface area (Å²) >= 11 is 1.38. The standard InChI is InChI=1S/C13H11N3OS.ClH/c1-7-11(18-13(14-7)8(2)17)12-15-9-5-3-4-6-10(9)16-12;/h3-6H,1-2H3,(H,15,16);1H. The molecule has 19 heavy (non-hydrogen) atoms. The zero-order chi connectivity index (χ0) is 12.7. The molecule has 2 aromatic heterocycles. The maximum Gasteiger partial charge on any atom is 0.188 e. The van der Waals surface area contributed by atoms with E-state index in [1.807, 2.05) is 31.2 Å². The van der Waals surface area contributed by atoms with Crippen LogP contribution in [0.1, 0.15) is 22.4 Å². The molecule has 2 heterocycles. The van der Waals surface area contributed by atoms with Gasteiger partial charge in [-0.15, -0.1) is 23.7 Å². The quantitative estimate of drug-likeness (QED) is 0.734. The highest BCUT2D eigenvalue weighted by Crippen LogP contribution is 2.29. The predicted octanol–water partition coefficient (Wildman–Crippen LogP) is 3.62. The largest absolute Gasteiger partial charge is 0.337 e. The van der Waals surface area contributed by atoms with Crippen molar-refractivity contribution in [2.24, 2.45) is 0 Å². The van der Waals surface area contributed by atoms with Crippen LogP contribution in [0.15, 0.2) is 24.3 Å². The number of benzene rings is 1. The van der Waals surface area contributed by atoms with Crippen molar-refractivity contribution in [3.05, 3.63) is 35.0 Å². The average molecular weight is 294 g/mol. The highest BCUT2D eigenvalue weighted by Gasteiger charge is 2.15. The number of halogens is 1. The fourth-order valence-corrected chi connectivity index (χ4v) is 2.73. The van der Waals surface area contributed by atoms with Crippen molar-refractivity contribution in [2.75, 3.05) is 0 Å². The number of fused-ring (bicyclic) bond motifs is 1. The number of imidazole rings is 1. The fraction of sp³-hybridized carbons (Fsp3) is 0.154. The lowest BCUT2D eigenvalue weighted by molar-refractivity contribution is 0.101. The third kappa shape index (κ3) is 2.39. The van der Waals surface area contributed by atoms with Gasteiger partial charge in [0.2, 0.25) is 0 Å². The lowest BCUT2D eigenvalue weighted by Crippen LogP contribution is -1.89. The maximum atomic E-state index is 11.3. The fourth-order valence-electron chi connectivity index (χ4n) is 1.83. The number of carbonyl (C=O) groups is 1. The first-order chi connectivity index (χ1) is 8.65. The molecule has 3 aromatic rings. The molecule has 1 aromatic carbocycles. The summed E-state index contributed by atoms with van der Waals surface area (Å²) in [4.78, 5) is 24.3. The van der Waals surface area contributed by atoms with Crippen LogP contribution in [0.4, 0.5) is 0 Å². The van der Waals surface area contributed by atoms with Crippen molar-refractivity contribution < 1.29 is 4.79 Å². The molecule has 1 N–H and O–H groups in total. The SMILES string of the molecule is CC(=O)c1nc(C)c(-c2nc3ccccc3[nH]2)s1.Cl. The smallest absolute Gasteiger partial charge is 0.188 e. The van der Waals surface area contributed by atoms with E-state index in [0.717, 1.165) is 27.4 Å². The van der Waals surface area contributed by atoms with E-state index in [9.17, 15) is 4.79 Å². The van der Waals surface area contributed by atoms with Crippen LogP contribution in [-0.2, 0) is 0 Å². The molecule has 0 aliphatic carbocycles. The summed E-state index contributed by atoms with van der Waals surface area (Å²) in [5.41, 5.74) is 2.75. The lowest BCUT2D eigenvalue weighted by Gasteiger charge is -1.90. The molecule has 0 unspecified atom stereocenters. The highest BCUT2D eigenvalue weighted by molar-refractivity contribution is 7.17. The van der Waals surface area contributed by atoms with Crippen LogP contribution in [-0.4, -0.2) is 20.7 Å². The monoisotopic (exact) mass is 293 g/mol. The third-order valence-electron chi connectivity index (χ3n) is 2.70. The molecule has 3 rings (SSSR count). The summed E-state index contributed by atoms with van der Waals surface area (Å²) < 4.78 is 0. The minimum absolute atomic E-state index is 0. The summed E-state index contributed by atoms with van der Waals surface area (Å²) in [6, 6.07) is 7.85.